The lowest BCUT2D eigenvalue weighted by molar-refractivity contribution is -0.139. The SMILES string of the molecule is C=C(CO)C(=O)OCCCCCOc1ccc(C2CCC([Si](C)(C)CCCC)CC2)cc1. The number of carbonyl (C=O) groups excluding carboxylic acids is 1. The Labute approximate surface area is 196 Å². The van der Waals surface area contributed by atoms with Crippen LogP contribution in [0.5, 0.6) is 5.75 Å². The second kappa shape index (κ2) is 13.8. The number of aliphatic hydroxyl groups excluding tert-OH is 1. The summed E-state index contributed by atoms with van der Waals surface area (Å²) in [5.74, 6) is 1.13. The maximum atomic E-state index is 11.4. The van der Waals surface area contributed by atoms with E-state index in [4.69, 9.17) is 14.6 Å². The van der Waals surface area contributed by atoms with Crippen LogP contribution in [0.15, 0.2) is 36.4 Å². The molecule has 180 valence electrons. The minimum Gasteiger partial charge on any atom is -0.494 e. The quantitative estimate of drug-likeness (QED) is 0.142. The Bertz CT molecular complexity index is 690. The van der Waals surface area contributed by atoms with Gasteiger partial charge in [-0.2, -0.15) is 0 Å². The third-order valence-corrected chi connectivity index (χ3v) is 11.6. The molecular weight excluding hydrogens is 416 g/mol. The van der Waals surface area contributed by atoms with E-state index in [0.717, 1.165) is 30.6 Å². The molecule has 1 aliphatic carbocycles. The van der Waals surface area contributed by atoms with Gasteiger partial charge in [0, 0.05) is 0 Å². The predicted molar refractivity (Wildman–Crippen MR) is 135 cm³/mol. The van der Waals surface area contributed by atoms with E-state index in [2.05, 4.69) is 50.9 Å². The first-order chi connectivity index (χ1) is 15.4. The zero-order valence-corrected chi connectivity index (χ0v) is 21.5. The molecule has 4 nitrogen and oxygen atoms in total. The van der Waals surface area contributed by atoms with Crippen molar-refractivity contribution in [1.82, 2.24) is 0 Å². The molecule has 0 aliphatic heterocycles. The summed E-state index contributed by atoms with van der Waals surface area (Å²) in [5, 5.41) is 8.83. The highest BCUT2D eigenvalue weighted by molar-refractivity contribution is 6.78. The molecule has 1 saturated carbocycles. The molecule has 1 fully saturated rings. The van der Waals surface area contributed by atoms with Crippen molar-refractivity contribution in [3.63, 3.8) is 0 Å². The zero-order chi connectivity index (χ0) is 23.4. The van der Waals surface area contributed by atoms with Crippen LogP contribution in [0.3, 0.4) is 0 Å². The first kappa shape index (κ1) is 26.7. The number of ether oxygens (including phenoxy) is 2. The second-order valence-corrected chi connectivity index (χ2v) is 15.3. The van der Waals surface area contributed by atoms with Gasteiger partial charge >= 0.3 is 5.97 Å². The molecule has 32 heavy (non-hydrogen) atoms. The molecule has 0 saturated heterocycles. The van der Waals surface area contributed by atoms with E-state index < -0.39 is 14.0 Å². The van der Waals surface area contributed by atoms with Crippen molar-refractivity contribution in [2.24, 2.45) is 0 Å². The summed E-state index contributed by atoms with van der Waals surface area (Å²) in [7, 11) is -1.06. The standard InChI is InChI=1S/C27H44O4Si/c1-5-6-20-32(3,4)26-16-12-24(13-17-26)23-10-14-25(15-11-23)30-18-8-7-9-19-31-27(29)22(2)21-28/h10-11,14-15,24,26,28H,2,5-9,12-13,16-21H2,1,3-4H3. The summed E-state index contributed by atoms with van der Waals surface area (Å²) in [4.78, 5) is 11.4. The first-order valence-electron chi connectivity index (χ1n) is 12.6. The van der Waals surface area contributed by atoms with Gasteiger partial charge in [-0.15, -0.1) is 0 Å². The first-order valence-corrected chi connectivity index (χ1v) is 15.8. The lowest BCUT2D eigenvalue weighted by Crippen LogP contribution is -2.34. The monoisotopic (exact) mass is 460 g/mol. The number of hydrogen-bond donors (Lipinski definition) is 1. The molecule has 1 aromatic carbocycles. The smallest absolute Gasteiger partial charge is 0.335 e. The fourth-order valence-corrected chi connectivity index (χ4v) is 8.35. The Balaban J connectivity index is 1.63. The second-order valence-electron chi connectivity index (χ2n) is 10.0. The minimum absolute atomic E-state index is 0.0995. The maximum absolute atomic E-state index is 11.4. The highest BCUT2D eigenvalue weighted by Gasteiger charge is 2.34. The predicted octanol–water partition coefficient (Wildman–Crippen LogP) is 6.86. The van der Waals surface area contributed by atoms with Crippen molar-refractivity contribution in [3.8, 4) is 5.75 Å². The van der Waals surface area contributed by atoms with Crippen molar-refractivity contribution in [2.45, 2.75) is 95.3 Å². The Kier molecular flexibility index (Phi) is 11.5. The molecule has 0 radical (unpaired) electrons. The van der Waals surface area contributed by atoms with Gasteiger partial charge in [-0.3, -0.25) is 0 Å². The Morgan fingerprint density at radius 3 is 2.31 bits per heavy atom. The number of rotatable bonds is 14. The third-order valence-electron chi connectivity index (χ3n) is 7.13. The molecular formula is C27H44O4Si. The van der Waals surface area contributed by atoms with E-state index in [0.29, 0.717) is 19.1 Å². The Morgan fingerprint density at radius 2 is 1.69 bits per heavy atom. The molecule has 1 N–H and O–H groups in total. The van der Waals surface area contributed by atoms with E-state index >= 15 is 0 Å². The molecule has 0 spiro atoms. The van der Waals surface area contributed by atoms with E-state index in [1.165, 1.54) is 50.1 Å². The van der Waals surface area contributed by atoms with Crippen molar-refractivity contribution in [1.29, 1.82) is 0 Å². The van der Waals surface area contributed by atoms with Gasteiger partial charge in [0.05, 0.1) is 33.5 Å². The summed E-state index contributed by atoms with van der Waals surface area (Å²) in [5.41, 5.74) is 2.57. The number of carbonyl (C=O) groups is 1. The topological polar surface area (TPSA) is 55.8 Å². The fourth-order valence-electron chi connectivity index (χ4n) is 4.78. The lowest BCUT2D eigenvalue weighted by Gasteiger charge is -2.38. The van der Waals surface area contributed by atoms with Gasteiger partial charge in [0.25, 0.3) is 0 Å². The molecule has 0 bridgehead atoms. The van der Waals surface area contributed by atoms with Crippen LogP contribution in [0.2, 0.25) is 24.7 Å². The molecule has 1 aromatic rings. The summed E-state index contributed by atoms with van der Waals surface area (Å²) in [6.45, 7) is 11.7. The Hall–Kier alpha value is -1.59. The lowest BCUT2D eigenvalue weighted by atomic mass is 9.84. The van der Waals surface area contributed by atoms with Gasteiger partial charge in [0.15, 0.2) is 0 Å². The summed E-state index contributed by atoms with van der Waals surface area (Å²) < 4.78 is 10.9. The van der Waals surface area contributed by atoms with Crippen LogP contribution in [0.1, 0.15) is 76.2 Å². The van der Waals surface area contributed by atoms with E-state index in [1.54, 1.807) is 0 Å². The van der Waals surface area contributed by atoms with Crippen LogP contribution in [-0.2, 0) is 9.53 Å². The third kappa shape index (κ3) is 8.74. The van der Waals surface area contributed by atoms with Crippen LogP contribution in [0.25, 0.3) is 0 Å². The fraction of sp³-hybridized carbons (Fsp3) is 0.667. The van der Waals surface area contributed by atoms with Gasteiger partial charge in [0.1, 0.15) is 5.75 Å². The number of benzene rings is 1. The number of unbranched alkanes of at least 4 members (excludes halogenated alkanes) is 3. The van der Waals surface area contributed by atoms with Gasteiger partial charge in [-0.1, -0.05) is 70.5 Å². The Morgan fingerprint density at radius 1 is 1.03 bits per heavy atom. The van der Waals surface area contributed by atoms with E-state index in [9.17, 15) is 4.79 Å². The van der Waals surface area contributed by atoms with Gasteiger partial charge in [0.2, 0.25) is 0 Å². The van der Waals surface area contributed by atoms with E-state index in [1.807, 2.05) is 0 Å². The number of esters is 1. The van der Waals surface area contributed by atoms with Gasteiger partial charge < -0.3 is 14.6 Å². The van der Waals surface area contributed by atoms with Crippen LogP contribution >= 0.6 is 0 Å². The number of aliphatic hydroxyl groups is 1. The molecule has 0 amide bonds. The van der Waals surface area contributed by atoms with Crippen molar-refractivity contribution in [2.75, 3.05) is 19.8 Å². The average Bonchev–Trinajstić information content (AvgIpc) is 2.82. The molecule has 2 rings (SSSR count). The largest absolute Gasteiger partial charge is 0.494 e. The van der Waals surface area contributed by atoms with Crippen LogP contribution in [0, 0.1) is 0 Å². The van der Waals surface area contributed by atoms with Gasteiger partial charge in [-0.25, -0.2) is 4.79 Å². The molecule has 0 heterocycles. The molecule has 0 unspecified atom stereocenters. The van der Waals surface area contributed by atoms with Crippen LogP contribution < -0.4 is 4.74 Å². The molecule has 0 aromatic heterocycles. The summed E-state index contributed by atoms with van der Waals surface area (Å²) >= 11 is 0. The van der Waals surface area contributed by atoms with E-state index in [-0.39, 0.29) is 12.2 Å². The van der Waals surface area contributed by atoms with Crippen molar-refractivity contribution < 1.29 is 19.4 Å². The van der Waals surface area contributed by atoms with Crippen molar-refractivity contribution >= 4 is 14.0 Å². The summed E-state index contributed by atoms with van der Waals surface area (Å²) in [6, 6.07) is 10.2. The zero-order valence-electron chi connectivity index (χ0n) is 20.5. The normalized spacial score (nSPS) is 18.9. The average molecular weight is 461 g/mol. The molecule has 5 heteroatoms. The molecule has 0 atom stereocenters. The maximum Gasteiger partial charge on any atom is 0.335 e. The van der Waals surface area contributed by atoms with Gasteiger partial charge in [-0.05, 0) is 61.3 Å². The molecule has 1 aliphatic rings. The number of hydrogen-bond acceptors (Lipinski definition) is 4. The van der Waals surface area contributed by atoms with Crippen LogP contribution in [-0.4, -0.2) is 39.0 Å². The summed E-state index contributed by atoms with van der Waals surface area (Å²) in [6.07, 6.45) is 10.9. The minimum atomic E-state index is -1.06. The highest BCUT2D eigenvalue weighted by Crippen LogP contribution is 2.45. The van der Waals surface area contributed by atoms with Crippen molar-refractivity contribution in [3.05, 3.63) is 42.0 Å². The highest BCUT2D eigenvalue weighted by atomic mass is 28.3. The van der Waals surface area contributed by atoms with Crippen LogP contribution in [0.4, 0.5) is 0 Å².